The number of sulfonamides is 1. The Kier molecular flexibility index (Phi) is 4.06. The molecule has 0 aromatic rings. The molecular weight excluding hydrogens is 286 g/mol. The summed E-state index contributed by atoms with van der Waals surface area (Å²) in [6, 6.07) is -0.622. The highest BCUT2D eigenvalue weighted by atomic mass is 32.2. The van der Waals surface area contributed by atoms with E-state index in [1.165, 1.54) is 6.92 Å². The van der Waals surface area contributed by atoms with Crippen molar-refractivity contribution in [3.8, 4) is 0 Å². The minimum Gasteiger partial charge on any atom is -0.481 e. The van der Waals surface area contributed by atoms with Crippen LogP contribution in [0.2, 0.25) is 0 Å². The maximum atomic E-state index is 12.1. The van der Waals surface area contributed by atoms with E-state index in [0.29, 0.717) is 0 Å². The van der Waals surface area contributed by atoms with E-state index in [4.69, 9.17) is 0 Å². The molecule has 5 unspecified atom stereocenters. The number of rotatable bonds is 5. The van der Waals surface area contributed by atoms with Gasteiger partial charge in [-0.15, -0.1) is 0 Å². The molecule has 2 rings (SSSR count). The molecule has 0 aromatic heterocycles. The monoisotopic (exact) mass is 305 g/mol. The maximum Gasteiger partial charge on any atom is 0.325 e. The summed E-state index contributed by atoms with van der Waals surface area (Å²) in [5, 5.41) is 7.92. The number of methoxy groups -OCH3 is 1. The van der Waals surface area contributed by atoms with Crippen molar-refractivity contribution in [1.82, 2.24) is 4.72 Å². The van der Waals surface area contributed by atoms with Gasteiger partial charge in [-0.05, 0) is 38.0 Å². The number of carbonyl (C=O) groups is 2. The Bertz CT molecular complexity index is 516. The number of aliphatic carboxylic acids is 1. The maximum absolute atomic E-state index is 12.1. The van der Waals surface area contributed by atoms with Crippen molar-refractivity contribution in [2.45, 2.75) is 37.5 Å². The first-order chi connectivity index (χ1) is 9.27. The van der Waals surface area contributed by atoms with Crippen LogP contribution in [0.15, 0.2) is 0 Å². The first-order valence-electron chi connectivity index (χ1n) is 6.59. The largest absolute Gasteiger partial charge is 0.481 e. The molecule has 2 aliphatic rings. The van der Waals surface area contributed by atoms with E-state index in [2.05, 4.69) is 9.46 Å². The van der Waals surface area contributed by atoms with Crippen LogP contribution in [0, 0.1) is 17.8 Å². The number of fused-ring (bicyclic) bond motifs is 2. The number of carboxylic acids is 1. The fourth-order valence-corrected chi connectivity index (χ4v) is 4.67. The van der Waals surface area contributed by atoms with Gasteiger partial charge in [0.1, 0.15) is 0 Å². The average Bonchev–Trinajstić information content (AvgIpc) is 2.96. The van der Waals surface area contributed by atoms with Crippen LogP contribution in [0.3, 0.4) is 0 Å². The van der Waals surface area contributed by atoms with Crippen LogP contribution in [-0.2, 0) is 24.3 Å². The summed E-state index contributed by atoms with van der Waals surface area (Å²) >= 11 is 0. The third kappa shape index (κ3) is 2.54. The molecule has 8 heteroatoms. The van der Waals surface area contributed by atoms with Gasteiger partial charge in [-0.1, -0.05) is 0 Å². The molecule has 7 nitrogen and oxygen atoms in total. The lowest BCUT2D eigenvalue weighted by molar-refractivity contribution is -0.144. The number of carbonyl (C=O) groups excluding carboxylic acids is 1. The molecule has 114 valence electrons. The topological polar surface area (TPSA) is 110 Å². The van der Waals surface area contributed by atoms with Crippen molar-refractivity contribution in [1.29, 1.82) is 0 Å². The molecule has 2 N–H and O–H groups in total. The normalized spacial score (nSPS) is 33.9. The van der Waals surface area contributed by atoms with E-state index in [1.54, 1.807) is 0 Å². The zero-order valence-corrected chi connectivity index (χ0v) is 12.2. The summed E-state index contributed by atoms with van der Waals surface area (Å²) in [6.45, 7) is 1.23. The molecule has 0 spiro atoms. The molecule has 0 heterocycles. The van der Waals surface area contributed by atoms with Crippen molar-refractivity contribution in [3.05, 3.63) is 0 Å². The van der Waals surface area contributed by atoms with Crippen LogP contribution in [0.4, 0.5) is 0 Å². The van der Waals surface area contributed by atoms with Crippen LogP contribution in [0.5, 0.6) is 0 Å². The lowest BCUT2D eigenvalue weighted by Gasteiger charge is -2.29. The van der Waals surface area contributed by atoms with Crippen LogP contribution < -0.4 is 4.72 Å². The zero-order chi connectivity index (χ0) is 15.1. The number of hydrogen-bond donors (Lipinski definition) is 2. The van der Waals surface area contributed by atoms with Crippen molar-refractivity contribution in [3.63, 3.8) is 0 Å². The molecule has 0 amide bonds. The fraction of sp³-hybridized carbons (Fsp3) is 0.833. The van der Waals surface area contributed by atoms with E-state index >= 15 is 0 Å². The van der Waals surface area contributed by atoms with Crippen LogP contribution in [0.1, 0.15) is 26.2 Å². The average molecular weight is 305 g/mol. The summed E-state index contributed by atoms with van der Waals surface area (Å²) in [6.07, 6.45) is 2.39. The molecule has 0 aromatic carbocycles. The summed E-state index contributed by atoms with van der Waals surface area (Å²) in [7, 11) is -2.81. The Morgan fingerprint density at radius 2 is 1.90 bits per heavy atom. The summed E-state index contributed by atoms with van der Waals surface area (Å²) in [5.41, 5.74) is 0. The Balaban J connectivity index is 2.16. The molecular formula is C12H19NO6S. The molecule has 2 fully saturated rings. The number of ether oxygens (including phenoxy) is 1. The highest BCUT2D eigenvalue weighted by Crippen LogP contribution is 2.48. The molecule has 20 heavy (non-hydrogen) atoms. The van der Waals surface area contributed by atoms with Gasteiger partial charge >= 0.3 is 11.9 Å². The number of nitrogens with one attached hydrogen (secondary N) is 1. The lowest BCUT2D eigenvalue weighted by atomic mass is 9.85. The Morgan fingerprint density at radius 1 is 1.30 bits per heavy atom. The molecule has 0 radical (unpaired) electrons. The Hall–Kier alpha value is -1.15. The van der Waals surface area contributed by atoms with Crippen LogP contribution in [0.25, 0.3) is 0 Å². The van der Waals surface area contributed by atoms with Gasteiger partial charge in [0, 0.05) is 6.04 Å². The van der Waals surface area contributed by atoms with Gasteiger partial charge in [-0.2, -0.15) is 0 Å². The van der Waals surface area contributed by atoms with Gasteiger partial charge < -0.3 is 9.84 Å². The molecule has 2 aliphatic carbocycles. The van der Waals surface area contributed by atoms with Crippen LogP contribution in [-0.4, -0.2) is 43.9 Å². The third-order valence-electron chi connectivity index (χ3n) is 4.50. The van der Waals surface area contributed by atoms with Crippen molar-refractivity contribution >= 4 is 22.0 Å². The number of hydrogen-bond acceptors (Lipinski definition) is 5. The summed E-state index contributed by atoms with van der Waals surface area (Å²) in [5.74, 6) is -2.46. The van der Waals surface area contributed by atoms with Gasteiger partial charge in [0.15, 0.2) is 5.25 Å². The highest BCUT2D eigenvalue weighted by molar-refractivity contribution is 7.90. The molecule has 2 bridgehead atoms. The minimum atomic E-state index is -3.93. The van der Waals surface area contributed by atoms with E-state index in [-0.39, 0.29) is 11.8 Å². The second-order valence-electron chi connectivity index (χ2n) is 5.55. The smallest absolute Gasteiger partial charge is 0.325 e. The van der Waals surface area contributed by atoms with Crippen LogP contribution >= 0.6 is 0 Å². The summed E-state index contributed by atoms with van der Waals surface area (Å²) in [4.78, 5) is 22.7. The van der Waals surface area contributed by atoms with Crippen molar-refractivity contribution < 1.29 is 27.9 Å². The van der Waals surface area contributed by atoms with Gasteiger partial charge in [0.05, 0.1) is 13.0 Å². The highest BCUT2D eigenvalue weighted by Gasteiger charge is 2.52. The first-order valence-corrected chi connectivity index (χ1v) is 8.14. The van der Waals surface area contributed by atoms with E-state index in [1.807, 2.05) is 0 Å². The second-order valence-corrected chi connectivity index (χ2v) is 7.58. The number of esters is 1. The standard InChI is InChI=1S/C12H19NO6S/c1-6(12(16)19-2)20(17,18)13-10-8-4-3-7(5-8)9(10)11(14)15/h6-10,13H,3-5H2,1-2H3,(H,14,15). The Morgan fingerprint density at radius 3 is 2.45 bits per heavy atom. The van der Waals surface area contributed by atoms with Gasteiger partial charge in [0.25, 0.3) is 0 Å². The zero-order valence-electron chi connectivity index (χ0n) is 11.4. The van der Waals surface area contributed by atoms with E-state index in [0.717, 1.165) is 26.4 Å². The van der Waals surface area contributed by atoms with E-state index in [9.17, 15) is 23.1 Å². The predicted octanol–water partition coefficient (Wildman–Crippen LogP) is -0.0334. The fourth-order valence-electron chi connectivity index (χ4n) is 3.40. The lowest BCUT2D eigenvalue weighted by Crippen LogP contribution is -2.50. The molecule has 0 aliphatic heterocycles. The molecule has 5 atom stereocenters. The van der Waals surface area contributed by atoms with Crippen molar-refractivity contribution in [2.75, 3.05) is 7.11 Å². The SMILES string of the molecule is COC(=O)C(C)S(=O)(=O)NC1C2CCC(C2)C1C(=O)O. The third-order valence-corrected chi connectivity index (χ3v) is 6.22. The van der Waals surface area contributed by atoms with Gasteiger partial charge in [-0.3, -0.25) is 9.59 Å². The summed E-state index contributed by atoms with van der Waals surface area (Å²) < 4.78 is 31.1. The van der Waals surface area contributed by atoms with Crippen molar-refractivity contribution in [2.24, 2.45) is 17.8 Å². The van der Waals surface area contributed by atoms with E-state index < -0.39 is 39.2 Å². The van der Waals surface area contributed by atoms with Gasteiger partial charge in [0.2, 0.25) is 10.0 Å². The first kappa shape index (κ1) is 15.2. The molecule has 0 saturated heterocycles. The van der Waals surface area contributed by atoms with Gasteiger partial charge in [-0.25, -0.2) is 13.1 Å². The quantitative estimate of drug-likeness (QED) is 0.690. The number of carboxylic acid groups (broad SMARTS) is 1. The second kappa shape index (κ2) is 5.33. The minimum absolute atomic E-state index is 0.0265. The Labute approximate surface area is 117 Å². The molecule has 2 saturated carbocycles. The predicted molar refractivity (Wildman–Crippen MR) is 69.3 cm³/mol.